The number of nitriles is 2. The molecule has 9 heteroatoms. The summed E-state index contributed by atoms with van der Waals surface area (Å²) in [5.74, 6) is -0.794. The molecule has 8 nitrogen and oxygen atoms in total. The first-order chi connectivity index (χ1) is 14.8. The van der Waals surface area contributed by atoms with Gasteiger partial charge in [0, 0.05) is 12.0 Å². The maximum absolute atomic E-state index is 13.0. The fourth-order valence-corrected chi connectivity index (χ4v) is 4.76. The molecule has 0 unspecified atom stereocenters. The van der Waals surface area contributed by atoms with Gasteiger partial charge in [-0.05, 0) is 55.5 Å². The molecule has 154 valence electrons. The highest BCUT2D eigenvalue weighted by molar-refractivity contribution is 8.00. The van der Waals surface area contributed by atoms with Gasteiger partial charge in [0.15, 0.2) is 5.78 Å². The number of amides is 2. The Balaban J connectivity index is 1.65. The fourth-order valence-electron chi connectivity index (χ4n) is 3.64. The number of Topliss-reactive ketones (excluding diaryl/α,β-unsaturated/α-hetero) is 1. The number of hydrogen-bond acceptors (Lipinski definition) is 8. The molecule has 0 bridgehead atoms. The molecule has 1 aromatic heterocycles. The lowest BCUT2D eigenvalue weighted by molar-refractivity contribution is -0.121. The summed E-state index contributed by atoms with van der Waals surface area (Å²) < 4.78 is 0. The van der Waals surface area contributed by atoms with Crippen molar-refractivity contribution < 1.29 is 14.4 Å². The summed E-state index contributed by atoms with van der Waals surface area (Å²) in [5.41, 5.74) is 7.89. The molecule has 2 heterocycles. The summed E-state index contributed by atoms with van der Waals surface area (Å²) in [5, 5.41) is 18.7. The van der Waals surface area contributed by atoms with Gasteiger partial charge in [-0.1, -0.05) is 11.8 Å². The standard InChI is InChI=1S/C22H17N5O3S/c1-11(28)12-4-6-14(7-5-12)27-18(29)8-17(22(27)30)31-21-16(10-24)19(13-2-3-13)15(9-23)20(25)26-21/h4-7,13,17H,2-3,8H2,1H3,(H2,25,26)/t17-/m1/s1. The van der Waals surface area contributed by atoms with Crippen molar-refractivity contribution in [2.45, 2.75) is 42.4 Å². The number of hydrogen-bond donors (Lipinski definition) is 1. The van der Waals surface area contributed by atoms with Crippen LogP contribution in [-0.4, -0.2) is 27.8 Å². The molecule has 1 aliphatic carbocycles. The van der Waals surface area contributed by atoms with Crippen molar-refractivity contribution in [3.05, 3.63) is 46.5 Å². The molecule has 2 fully saturated rings. The number of rotatable bonds is 5. The lowest BCUT2D eigenvalue weighted by atomic mass is 10.0. The van der Waals surface area contributed by atoms with Crippen molar-refractivity contribution in [3.8, 4) is 12.1 Å². The zero-order valence-electron chi connectivity index (χ0n) is 16.6. The van der Waals surface area contributed by atoms with Crippen LogP contribution in [0.25, 0.3) is 0 Å². The van der Waals surface area contributed by atoms with E-state index in [1.807, 2.05) is 6.07 Å². The summed E-state index contributed by atoms with van der Waals surface area (Å²) in [4.78, 5) is 42.3. The van der Waals surface area contributed by atoms with Gasteiger partial charge in [-0.2, -0.15) is 10.5 Å². The number of ketones is 1. The summed E-state index contributed by atoms with van der Waals surface area (Å²) >= 11 is 1.02. The Bertz CT molecular complexity index is 1210. The molecular weight excluding hydrogens is 414 g/mol. The van der Waals surface area contributed by atoms with Gasteiger partial charge in [0.1, 0.15) is 23.0 Å². The van der Waals surface area contributed by atoms with Gasteiger partial charge in [-0.15, -0.1) is 0 Å². The third-order valence-electron chi connectivity index (χ3n) is 5.33. The van der Waals surface area contributed by atoms with Crippen LogP contribution in [0.15, 0.2) is 29.3 Å². The molecular formula is C22H17N5O3S. The largest absolute Gasteiger partial charge is 0.383 e. The summed E-state index contributed by atoms with van der Waals surface area (Å²) in [6, 6.07) is 10.4. The maximum atomic E-state index is 13.0. The van der Waals surface area contributed by atoms with E-state index in [0.717, 1.165) is 29.5 Å². The molecule has 2 amide bonds. The molecule has 1 aliphatic heterocycles. The first kappa shape index (κ1) is 20.6. The topological polar surface area (TPSA) is 141 Å². The Kier molecular flexibility index (Phi) is 5.22. The average Bonchev–Trinajstić information content (AvgIpc) is 3.54. The first-order valence-corrected chi connectivity index (χ1v) is 10.5. The molecule has 1 saturated carbocycles. The fraction of sp³-hybridized carbons (Fsp3) is 0.273. The molecule has 2 aromatic rings. The number of nitrogens with zero attached hydrogens (tertiary/aromatic N) is 4. The number of thioether (sulfide) groups is 1. The van der Waals surface area contributed by atoms with Crippen molar-refractivity contribution in [1.82, 2.24) is 4.98 Å². The molecule has 2 N–H and O–H groups in total. The zero-order valence-corrected chi connectivity index (χ0v) is 17.4. The third-order valence-corrected chi connectivity index (χ3v) is 6.50. The summed E-state index contributed by atoms with van der Waals surface area (Å²) in [7, 11) is 0. The SMILES string of the molecule is CC(=O)c1ccc(N2C(=O)C[C@@H](Sc3nc(N)c(C#N)c(C4CC4)c3C#N)C2=O)cc1. The monoisotopic (exact) mass is 431 g/mol. The Morgan fingerprint density at radius 2 is 1.81 bits per heavy atom. The number of carbonyl (C=O) groups excluding carboxylic acids is 3. The molecule has 31 heavy (non-hydrogen) atoms. The van der Waals surface area contributed by atoms with Gasteiger partial charge >= 0.3 is 0 Å². The minimum atomic E-state index is -0.765. The van der Waals surface area contributed by atoms with Gasteiger partial charge in [0.25, 0.3) is 0 Å². The van der Waals surface area contributed by atoms with Crippen LogP contribution in [0.2, 0.25) is 0 Å². The first-order valence-electron chi connectivity index (χ1n) is 9.63. The van der Waals surface area contributed by atoms with Crippen LogP contribution in [0.4, 0.5) is 11.5 Å². The highest BCUT2D eigenvalue weighted by Crippen LogP contribution is 2.46. The molecule has 1 saturated heterocycles. The number of benzene rings is 1. The van der Waals surface area contributed by atoms with E-state index in [0.29, 0.717) is 16.8 Å². The predicted octanol–water partition coefficient (Wildman–Crippen LogP) is 2.91. The highest BCUT2D eigenvalue weighted by atomic mass is 32.2. The van der Waals surface area contributed by atoms with Crippen LogP contribution >= 0.6 is 11.8 Å². The van der Waals surface area contributed by atoms with E-state index in [1.165, 1.54) is 6.92 Å². The molecule has 1 atom stereocenters. The molecule has 2 aliphatic rings. The molecule has 4 rings (SSSR count). The van der Waals surface area contributed by atoms with Crippen LogP contribution < -0.4 is 10.6 Å². The van der Waals surface area contributed by atoms with E-state index >= 15 is 0 Å². The predicted molar refractivity (Wildman–Crippen MR) is 113 cm³/mol. The number of anilines is 2. The lowest BCUT2D eigenvalue weighted by Crippen LogP contribution is -2.31. The quantitative estimate of drug-likeness (QED) is 0.563. The Hall–Kier alpha value is -3.69. The molecule has 0 radical (unpaired) electrons. The Morgan fingerprint density at radius 3 is 2.35 bits per heavy atom. The second-order valence-corrected chi connectivity index (χ2v) is 8.64. The smallest absolute Gasteiger partial charge is 0.247 e. The normalized spacial score (nSPS) is 18.0. The number of pyridine rings is 1. The van der Waals surface area contributed by atoms with Crippen LogP contribution in [-0.2, 0) is 9.59 Å². The number of carbonyl (C=O) groups is 3. The molecule has 0 spiro atoms. The van der Waals surface area contributed by atoms with E-state index in [-0.39, 0.29) is 46.0 Å². The molecule has 1 aromatic carbocycles. The second-order valence-electron chi connectivity index (χ2n) is 7.44. The van der Waals surface area contributed by atoms with Crippen LogP contribution in [0, 0.1) is 22.7 Å². The van der Waals surface area contributed by atoms with Gasteiger partial charge in [-0.25, -0.2) is 9.88 Å². The van der Waals surface area contributed by atoms with Crippen molar-refractivity contribution in [2.24, 2.45) is 0 Å². The minimum absolute atomic E-state index is 0.0272. The summed E-state index contributed by atoms with van der Waals surface area (Å²) in [6.45, 7) is 1.44. The van der Waals surface area contributed by atoms with E-state index in [1.54, 1.807) is 24.3 Å². The lowest BCUT2D eigenvalue weighted by Gasteiger charge is -2.16. The number of nitrogen functional groups attached to an aromatic ring is 1. The van der Waals surface area contributed by atoms with Crippen molar-refractivity contribution in [1.29, 1.82) is 10.5 Å². The number of imide groups is 1. The Morgan fingerprint density at radius 1 is 1.16 bits per heavy atom. The van der Waals surface area contributed by atoms with E-state index in [2.05, 4.69) is 11.1 Å². The van der Waals surface area contributed by atoms with Gasteiger partial charge in [-0.3, -0.25) is 14.4 Å². The second kappa shape index (κ2) is 7.86. The minimum Gasteiger partial charge on any atom is -0.383 e. The zero-order chi connectivity index (χ0) is 22.3. The van der Waals surface area contributed by atoms with E-state index in [4.69, 9.17) is 5.73 Å². The van der Waals surface area contributed by atoms with Gasteiger partial charge < -0.3 is 5.73 Å². The third kappa shape index (κ3) is 3.65. The Labute approximate surface area is 182 Å². The van der Waals surface area contributed by atoms with Crippen LogP contribution in [0.3, 0.4) is 0 Å². The number of nitrogens with two attached hydrogens (primary N) is 1. The average molecular weight is 431 g/mol. The van der Waals surface area contributed by atoms with Crippen molar-refractivity contribution in [3.63, 3.8) is 0 Å². The van der Waals surface area contributed by atoms with Crippen LogP contribution in [0.1, 0.15) is 59.2 Å². The maximum Gasteiger partial charge on any atom is 0.247 e. The van der Waals surface area contributed by atoms with Gasteiger partial charge in [0.2, 0.25) is 11.8 Å². The van der Waals surface area contributed by atoms with E-state index in [9.17, 15) is 24.9 Å². The highest BCUT2D eigenvalue weighted by Gasteiger charge is 2.41. The summed E-state index contributed by atoms with van der Waals surface area (Å²) in [6.07, 6.45) is 1.67. The van der Waals surface area contributed by atoms with Gasteiger partial charge in [0.05, 0.1) is 22.1 Å². The van der Waals surface area contributed by atoms with E-state index < -0.39 is 11.2 Å². The van der Waals surface area contributed by atoms with Crippen LogP contribution in [0.5, 0.6) is 0 Å². The number of aromatic nitrogens is 1. The van der Waals surface area contributed by atoms with Crippen molar-refractivity contribution in [2.75, 3.05) is 10.6 Å². The van der Waals surface area contributed by atoms with Crippen molar-refractivity contribution >= 4 is 40.9 Å².